The molecular formula is C17H16O2. The van der Waals surface area contributed by atoms with Crippen molar-refractivity contribution in [1.82, 2.24) is 0 Å². The van der Waals surface area contributed by atoms with Gasteiger partial charge in [0.05, 0.1) is 0 Å². The fraction of sp³-hybridized carbons (Fsp3) is 0.176. The summed E-state index contributed by atoms with van der Waals surface area (Å²) in [5.41, 5.74) is 3.58. The fourth-order valence-electron chi connectivity index (χ4n) is 2.76. The van der Waals surface area contributed by atoms with E-state index in [0.29, 0.717) is 11.7 Å². The van der Waals surface area contributed by atoms with Gasteiger partial charge in [-0.3, -0.25) is 0 Å². The van der Waals surface area contributed by atoms with Crippen LogP contribution in [-0.4, -0.2) is 10.2 Å². The Morgan fingerprint density at radius 1 is 0.895 bits per heavy atom. The lowest BCUT2D eigenvalue weighted by atomic mass is 9.88. The second-order valence-corrected chi connectivity index (χ2v) is 4.93. The van der Waals surface area contributed by atoms with E-state index in [0.717, 1.165) is 24.0 Å². The number of hydrogen-bond acceptors (Lipinski definition) is 2. The van der Waals surface area contributed by atoms with Crippen LogP contribution in [0.3, 0.4) is 0 Å². The molecule has 2 aromatic carbocycles. The Bertz CT molecular complexity index is 611. The maximum absolute atomic E-state index is 9.61. The van der Waals surface area contributed by atoms with Gasteiger partial charge in [0.25, 0.3) is 0 Å². The van der Waals surface area contributed by atoms with Crippen molar-refractivity contribution in [3.8, 4) is 11.5 Å². The predicted octanol–water partition coefficient (Wildman–Crippen LogP) is 4.06. The lowest BCUT2D eigenvalue weighted by molar-refractivity contribution is 0.474. The Morgan fingerprint density at radius 2 is 1.68 bits per heavy atom. The monoisotopic (exact) mass is 252 g/mol. The summed E-state index contributed by atoms with van der Waals surface area (Å²) in [5.74, 6) is 0.933. The van der Waals surface area contributed by atoms with Gasteiger partial charge in [-0.1, -0.05) is 30.3 Å². The third kappa shape index (κ3) is 2.34. The summed E-state index contributed by atoms with van der Waals surface area (Å²) in [6.45, 7) is 0. The van der Waals surface area contributed by atoms with E-state index in [1.807, 2.05) is 24.3 Å². The van der Waals surface area contributed by atoms with Crippen molar-refractivity contribution in [3.63, 3.8) is 0 Å². The molecule has 3 rings (SSSR count). The summed E-state index contributed by atoms with van der Waals surface area (Å²) in [5, 5.41) is 19.0. The predicted molar refractivity (Wildman–Crippen MR) is 76.2 cm³/mol. The number of rotatable bonds is 2. The molecule has 2 nitrogen and oxygen atoms in total. The zero-order valence-corrected chi connectivity index (χ0v) is 10.6. The Hall–Kier alpha value is -2.22. The average molecular weight is 252 g/mol. The van der Waals surface area contributed by atoms with Crippen LogP contribution in [0.25, 0.3) is 5.57 Å². The molecule has 1 atom stereocenters. The molecule has 19 heavy (non-hydrogen) atoms. The summed E-state index contributed by atoms with van der Waals surface area (Å²) >= 11 is 0. The number of benzene rings is 2. The minimum atomic E-state index is 0.288. The van der Waals surface area contributed by atoms with Crippen molar-refractivity contribution in [2.24, 2.45) is 0 Å². The van der Waals surface area contributed by atoms with Gasteiger partial charge >= 0.3 is 0 Å². The first-order valence-corrected chi connectivity index (χ1v) is 6.52. The first kappa shape index (κ1) is 11.8. The second kappa shape index (κ2) is 4.81. The third-order valence-electron chi connectivity index (χ3n) is 3.67. The molecule has 0 bridgehead atoms. The van der Waals surface area contributed by atoms with E-state index in [1.54, 1.807) is 18.2 Å². The van der Waals surface area contributed by atoms with E-state index in [1.165, 1.54) is 5.57 Å². The molecule has 0 spiro atoms. The van der Waals surface area contributed by atoms with E-state index < -0.39 is 0 Å². The van der Waals surface area contributed by atoms with Gasteiger partial charge in [-0.25, -0.2) is 0 Å². The van der Waals surface area contributed by atoms with Gasteiger partial charge in [0.1, 0.15) is 11.5 Å². The summed E-state index contributed by atoms with van der Waals surface area (Å²) in [6, 6.07) is 14.8. The van der Waals surface area contributed by atoms with Crippen LogP contribution in [0.1, 0.15) is 29.9 Å². The fourth-order valence-corrected chi connectivity index (χ4v) is 2.76. The van der Waals surface area contributed by atoms with E-state index in [4.69, 9.17) is 0 Å². The number of allylic oxidation sites excluding steroid dienone is 2. The topological polar surface area (TPSA) is 40.5 Å². The van der Waals surface area contributed by atoms with E-state index in [-0.39, 0.29) is 5.75 Å². The van der Waals surface area contributed by atoms with Crippen molar-refractivity contribution in [1.29, 1.82) is 0 Å². The zero-order valence-electron chi connectivity index (χ0n) is 10.6. The standard InChI is InChI=1S/C17H16O2/c18-14-9-7-12(8-10-14)16-5-2-6-17(16)13-3-1-4-15(19)11-13/h1,3-5,7-11,17-19H,2,6H2. The highest BCUT2D eigenvalue weighted by Crippen LogP contribution is 2.41. The van der Waals surface area contributed by atoms with Gasteiger partial charge in [-0.15, -0.1) is 0 Å². The Labute approximate surface area is 112 Å². The molecule has 1 unspecified atom stereocenters. The lowest BCUT2D eigenvalue weighted by Gasteiger charge is -2.16. The minimum Gasteiger partial charge on any atom is -0.508 e. The number of phenolic OH excluding ortho intramolecular Hbond substituents is 2. The maximum Gasteiger partial charge on any atom is 0.115 e. The Kier molecular flexibility index (Phi) is 3.00. The summed E-state index contributed by atoms with van der Waals surface area (Å²) < 4.78 is 0. The van der Waals surface area contributed by atoms with Gasteiger partial charge in [0.2, 0.25) is 0 Å². The summed E-state index contributed by atoms with van der Waals surface area (Å²) in [6.07, 6.45) is 4.37. The van der Waals surface area contributed by atoms with Crippen molar-refractivity contribution in [2.45, 2.75) is 18.8 Å². The number of hydrogen-bond donors (Lipinski definition) is 2. The van der Waals surface area contributed by atoms with Crippen molar-refractivity contribution in [2.75, 3.05) is 0 Å². The van der Waals surface area contributed by atoms with E-state index >= 15 is 0 Å². The Morgan fingerprint density at radius 3 is 2.42 bits per heavy atom. The second-order valence-electron chi connectivity index (χ2n) is 4.93. The summed E-state index contributed by atoms with van der Waals surface area (Å²) in [4.78, 5) is 0. The molecule has 0 aliphatic heterocycles. The molecule has 1 aliphatic rings. The van der Waals surface area contributed by atoms with Crippen molar-refractivity contribution in [3.05, 3.63) is 65.7 Å². The molecule has 0 heterocycles. The smallest absolute Gasteiger partial charge is 0.115 e. The molecule has 1 aliphatic carbocycles. The first-order chi connectivity index (χ1) is 9.24. The van der Waals surface area contributed by atoms with Gasteiger partial charge in [0, 0.05) is 5.92 Å². The quantitative estimate of drug-likeness (QED) is 0.846. The lowest BCUT2D eigenvalue weighted by Crippen LogP contribution is -1.97. The molecule has 2 N–H and O–H groups in total. The largest absolute Gasteiger partial charge is 0.508 e. The molecular weight excluding hydrogens is 236 g/mol. The molecule has 96 valence electrons. The molecule has 0 saturated heterocycles. The van der Waals surface area contributed by atoms with Crippen LogP contribution >= 0.6 is 0 Å². The van der Waals surface area contributed by atoms with Crippen molar-refractivity contribution < 1.29 is 10.2 Å². The minimum absolute atomic E-state index is 0.288. The van der Waals surface area contributed by atoms with Crippen LogP contribution in [0.5, 0.6) is 11.5 Å². The number of phenols is 2. The molecule has 2 heteroatoms. The van der Waals surface area contributed by atoms with Gasteiger partial charge in [-0.05, 0) is 53.8 Å². The van der Waals surface area contributed by atoms with Crippen LogP contribution in [-0.2, 0) is 0 Å². The van der Waals surface area contributed by atoms with E-state index in [2.05, 4.69) is 12.1 Å². The van der Waals surface area contributed by atoms with Crippen LogP contribution in [0.2, 0.25) is 0 Å². The van der Waals surface area contributed by atoms with Crippen molar-refractivity contribution >= 4 is 5.57 Å². The van der Waals surface area contributed by atoms with E-state index in [9.17, 15) is 10.2 Å². The average Bonchev–Trinajstić information content (AvgIpc) is 2.89. The molecule has 0 saturated carbocycles. The molecule has 0 aromatic heterocycles. The molecule has 0 radical (unpaired) electrons. The highest BCUT2D eigenvalue weighted by Gasteiger charge is 2.22. The molecule has 0 amide bonds. The van der Waals surface area contributed by atoms with Gasteiger partial charge in [0.15, 0.2) is 0 Å². The molecule has 2 aromatic rings. The molecule has 0 fully saturated rings. The van der Waals surface area contributed by atoms with Crippen LogP contribution < -0.4 is 0 Å². The van der Waals surface area contributed by atoms with Crippen LogP contribution in [0, 0.1) is 0 Å². The highest BCUT2D eigenvalue weighted by atomic mass is 16.3. The zero-order chi connectivity index (χ0) is 13.2. The summed E-state index contributed by atoms with van der Waals surface area (Å²) in [7, 11) is 0. The third-order valence-corrected chi connectivity index (χ3v) is 3.67. The van der Waals surface area contributed by atoms with Gasteiger partial charge < -0.3 is 10.2 Å². The SMILES string of the molecule is Oc1ccc(C2=CCCC2c2cccc(O)c2)cc1. The first-order valence-electron chi connectivity index (χ1n) is 6.52. The van der Waals surface area contributed by atoms with Crippen LogP contribution in [0.15, 0.2) is 54.6 Å². The maximum atomic E-state index is 9.61. The van der Waals surface area contributed by atoms with Gasteiger partial charge in [-0.2, -0.15) is 0 Å². The highest BCUT2D eigenvalue weighted by molar-refractivity contribution is 5.74. The number of aromatic hydroxyl groups is 2. The normalized spacial score (nSPS) is 18.3. The Balaban J connectivity index is 1.95. The van der Waals surface area contributed by atoms with Crippen LogP contribution in [0.4, 0.5) is 0 Å².